The van der Waals surface area contributed by atoms with Crippen LogP contribution in [0.5, 0.6) is 0 Å². The maximum Gasteiger partial charge on any atom is 0.241 e. The van der Waals surface area contributed by atoms with Crippen molar-refractivity contribution in [2.75, 3.05) is 13.1 Å². The van der Waals surface area contributed by atoms with Crippen LogP contribution < -0.4 is 5.84 Å². The van der Waals surface area contributed by atoms with Crippen LogP contribution in [0, 0.1) is 25.5 Å². The van der Waals surface area contributed by atoms with E-state index in [4.69, 9.17) is 27.2 Å². The Labute approximate surface area is 238 Å². The van der Waals surface area contributed by atoms with Crippen LogP contribution in [0.15, 0.2) is 58.2 Å². The first kappa shape index (κ1) is 29.4. The second-order valence-electron chi connectivity index (χ2n) is 10.1. The number of aromatic nitrogens is 2. The third-order valence-corrected chi connectivity index (χ3v) is 7.55. The average molecular weight is 570 g/mol. The second-order valence-corrected chi connectivity index (χ2v) is 10.5. The smallest absolute Gasteiger partial charge is 0.241 e. The Balaban J connectivity index is 1.51. The van der Waals surface area contributed by atoms with Crippen LogP contribution in [0.1, 0.15) is 66.9 Å². The largest absolute Gasteiger partial charge is 0.469 e. The molecule has 2 aliphatic rings. The van der Waals surface area contributed by atoms with E-state index in [1.807, 2.05) is 39.0 Å². The van der Waals surface area contributed by atoms with Crippen LogP contribution in [0.2, 0.25) is 0 Å². The summed E-state index contributed by atoms with van der Waals surface area (Å²) >= 11 is 6.32. The maximum atomic E-state index is 14.1. The van der Waals surface area contributed by atoms with Crippen molar-refractivity contribution >= 4 is 23.4 Å². The fourth-order valence-electron chi connectivity index (χ4n) is 5.19. The number of ether oxygens (including phenoxy) is 1. The highest BCUT2D eigenvalue weighted by Gasteiger charge is 2.31. The average Bonchev–Trinajstić information content (AvgIpc) is 2.91. The van der Waals surface area contributed by atoms with Crippen molar-refractivity contribution < 1.29 is 18.3 Å². The van der Waals surface area contributed by atoms with Gasteiger partial charge in [0.1, 0.15) is 23.6 Å². The monoisotopic (exact) mass is 569 g/mol. The van der Waals surface area contributed by atoms with Crippen molar-refractivity contribution in [1.29, 1.82) is 0 Å². The van der Waals surface area contributed by atoms with Crippen LogP contribution in [0.4, 0.5) is 8.78 Å². The zero-order chi connectivity index (χ0) is 28.8. The molecule has 1 fully saturated rings. The second kappa shape index (κ2) is 13.2. The quantitative estimate of drug-likeness (QED) is 0.207. The van der Waals surface area contributed by atoms with E-state index in [0.29, 0.717) is 48.0 Å². The van der Waals surface area contributed by atoms with Crippen molar-refractivity contribution in [3.63, 3.8) is 0 Å². The number of amides is 1. The summed E-state index contributed by atoms with van der Waals surface area (Å²) in [5.41, 5.74) is 2.91. The summed E-state index contributed by atoms with van der Waals surface area (Å²) in [6.45, 7) is 6.48. The molecule has 0 spiro atoms. The van der Waals surface area contributed by atoms with Crippen molar-refractivity contribution in [3.05, 3.63) is 93.1 Å². The Hall–Kier alpha value is -3.59. The first-order chi connectivity index (χ1) is 19.2. The van der Waals surface area contributed by atoms with Gasteiger partial charge < -0.3 is 15.5 Å². The summed E-state index contributed by atoms with van der Waals surface area (Å²) in [6.07, 6.45) is 9.93. The molecular formula is C30H34ClF2N5O2. The van der Waals surface area contributed by atoms with E-state index in [0.717, 1.165) is 36.2 Å². The Morgan fingerprint density at radius 3 is 2.60 bits per heavy atom. The molecule has 1 aromatic heterocycles. The zero-order valence-electron chi connectivity index (χ0n) is 23.0. The molecule has 1 aromatic carbocycles. The molecule has 4 rings (SSSR count). The van der Waals surface area contributed by atoms with Crippen LogP contribution in [-0.4, -0.2) is 45.9 Å². The molecule has 1 atom stereocenters. The summed E-state index contributed by atoms with van der Waals surface area (Å²) < 4.78 is 34.5. The number of carbonyl (C=O) groups excluding carboxylic acids is 1. The van der Waals surface area contributed by atoms with Gasteiger partial charge in [-0.05, 0) is 76.3 Å². The lowest BCUT2D eigenvalue weighted by Gasteiger charge is -2.33. The van der Waals surface area contributed by atoms with Gasteiger partial charge in [-0.2, -0.15) is 0 Å². The number of aryl methyl sites for hydroxylation is 2. The molecule has 1 aliphatic heterocycles. The number of piperidine rings is 1. The fraction of sp³-hybridized carbons (Fsp3) is 0.400. The number of nitrogens with two attached hydrogens (primary N) is 1. The van der Waals surface area contributed by atoms with Gasteiger partial charge in [0.2, 0.25) is 11.8 Å². The topological polar surface area (TPSA) is 93.7 Å². The van der Waals surface area contributed by atoms with Gasteiger partial charge in [-0.15, -0.1) is 5.10 Å². The van der Waals surface area contributed by atoms with Crippen LogP contribution >= 0.6 is 11.6 Å². The molecule has 1 amide bonds. The molecule has 10 heteroatoms. The predicted molar refractivity (Wildman–Crippen MR) is 152 cm³/mol. The molecule has 212 valence electrons. The van der Waals surface area contributed by atoms with Gasteiger partial charge in [0.15, 0.2) is 0 Å². The van der Waals surface area contributed by atoms with Crippen LogP contribution in [0.3, 0.4) is 0 Å². The number of hydrazone groups is 1. The standard InChI is InChI=1S/C30H34ClF2N5O2/c1-18-28(30(37-34)40-19(2)22-8-5-4-6-9-23(31)16-22)29(36-20(3)35-18)21-12-14-38(15-13-21)27(39)17-24-25(32)10-7-11-26(24)33/h4,6-7,9-11,16,19,21H,5,8,12-15,17,34H2,1-3H3/b6-4-,22-16+,23-9+,37-30-. The third kappa shape index (κ3) is 6.94. The minimum Gasteiger partial charge on any atom is -0.469 e. The van der Waals surface area contributed by atoms with Gasteiger partial charge in [-0.25, -0.2) is 18.7 Å². The summed E-state index contributed by atoms with van der Waals surface area (Å²) in [6, 6.07) is 3.61. The van der Waals surface area contributed by atoms with E-state index in [1.165, 1.54) is 6.07 Å². The molecule has 1 aliphatic carbocycles. The van der Waals surface area contributed by atoms with Gasteiger partial charge in [0, 0.05) is 29.6 Å². The lowest BCUT2D eigenvalue weighted by Crippen LogP contribution is -2.39. The van der Waals surface area contributed by atoms with Crippen molar-refractivity contribution in [2.24, 2.45) is 10.9 Å². The number of halogens is 3. The van der Waals surface area contributed by atoms with E-state index < -0.39 is 11.6 Å². The lowest BCUT2D eigenvalue weighted by molar-refractivity contribution is -0.131. The maximum absolute atomic E-state index is 14.1. The van der Waals surface area contributed by atoms with Gasteiger partial charge in [-0.3, -0.25) is 4.79 Å². The van der Waals surface area contributed by atoms with Gasteiger partial charge in [0.25, 0.3) is 0 Å². The molecule has 7 nitrogen and oxygen atoms in total. The number of hydrogen-bond donors (Lipinski definition) is 1. The highest BCUT2D eigenvalue weighted by Crippen LogP contribution is 2.32. The summed E-state index contributed by atoms with van der Waals surface area (Å²) in [5.74, 6) is 4.96. The van der Waals surface area contributed by atoms with Crippen LogP contribution in [0.25, 0.3) is 0 Å². The zero-order valence-corrected chi connectivity index (χ0v) is 23.7. The fourth-order valence-corrected chi connectivity index (χ4v) is 5.40. The van der Waals surface area contributed by atoms with E-state index in [1.54, 1.807) is 4.90 Å². The van der Waals surface area contributed by atoms with E-state index in [2.05, 4.69) is 16.2 Å². The highest BCUT2D eigenvalue weighted by molar-refractivity contribution is 6.31. The normalized spacial score (nSPS) is 20.9. The molecule has 0 saturated carbocycles. The number of benzene rings is 1. The van der Waals surface area contributed by atoms with Crippen molar-refractivity contribution in [3.8, 4) is 0 Å². The number of hydrogen-bond acceptors (Lipinski definition) is 6. The molecule has 2 heterocycles. The Morgan fingerprint density at radius 2 is 1.93 bits per heavy atom. The van der Waals surface area contributed by atoms with Crippen molar-refractivity contribution in [2.45, 2.75) is 64.9 Å². The van der Waals surface area contributed by atoms with Gasteiger partial charge in [-0.1, -0.05) is 29.8 Å². The molecule has 0 radical (unpaired) electrons. The molecule has 0 bridgehead atoms. The number of likely N-dealkylation sites (tertiary alicyclic amines) is 1. The first-order valence-corrected chi connectivity index (χ1v) is 13.8. The number of allylic oxidation sites excluding steroid dienone is 5. The summed E-state index contributed by atoms with van der Waals surface area (Å²) in [7, 11) is 0. The predicted octanol–water partition coefficient (Wildman–Crippen LogP) is 5.74. The van der Waals surface area contributed by atoms with E-state index in [9.17, 15) is 13.6 Å². The Bertz CT molecular complexity index is 1360. The van der Waals surface area contributed by atoms with Crippen molar-refractivity contribution in [1.82, 2.24) is 14.9 Å². The lowest BCUT2D eigenvalue weighted by atomic mass is 9.89. The highest BCUT2D eigenvalue weighted by atomic mass is 35.5. The Kier molecular flexibility index (Phi) is 9.68. The molecule has 40 heavy (non-hydrogen) atoms. The van der Waals surface area contributed by atoms with E-state index in [-0.39, 0.29) is 35.8 Å². The molecule has 2 N–H and O–H groups in total. The van der Waals surface area contributed by atoms with Gasteiger partial charge >= 0.3 is 0 Å². The van der Waals surface area contributed by atoms with Crippen LogP contribution in [-0.2, 0) is 16.0 Å². The summed E-state index contributed by atoms with van der Waals surface area (Å²) in [4.78, 5) is 23.8. The Morgan fingerprint density at radius 1 is 1.23 bits per heavy atom. The molecular weight excluding hydrogens is 536 g/mol. The number of rotatable bonds is 6. The molecule has 1 saturated heterocycles. The number of carbonyl (C=O) groups is 1. The first-order valence-electron chi connectivity index (χ1n) is 13.4. The van der Waals surface area contributed by atoms with Gasteiger partial charge in [0.05, 0.1) is 23.4 Å². The molecule has 2 aromatic rings. The minimum atomic E-state index is -0.715. The van der Waals surface area contributed by atoms with E-state index >= 15 is 0 Å². The molecule has 1 unspecified atom stereocenters. The summed E-state index contributed by atoms with van der Waals surface area (Å²) in [5, 5.41) is 4.61. The minimum absolute atomic E-state index is 0.0107. The number of nitrogens with zero attached hydrogens (tertiary/aromatic N) is 4. The third-order valence-electron chi connectivity index (χ3n) is 7.31. The SMILES string of the molecule is Cc1nc(C)c(/C(=N/N)OC(C)/C2=C/C(Cl)=C\C=C/CC2)c(C2CCN(C(=O)Cc3c(F)cccc3F)CC2)n1.